The number of hydrogen-bond donors (Lipinski definition) is 2. The van der Waals surface area contributed by atoms with E-state index < -0.39 is 0 Å². The van der Waals surface area contributed by atoms with E-state index in [0.29, 0.717) is 20.8 Å². The van der Waals surface area contributed by atoms with Gasteiger partial charge >= 0.3 is 0 Å². The molecule has 0 unspecified atom stereocenters. The van der Waals surface area contributed by atoms with E-state index in [-0.39, 0.29) is 12.5 Å². The van der Waals surface area contributed by atoms with Gasteiger partial charge in [0.1, 0.15) is 0 Å². The van der Waals surface area contributed by atoms with Gasteiger partial charge in [-0.3, -0.25) is 4.79 Å². The Morgan fingerprint density at radius 3 is 2.19 bits per heavy atom. The molecule has 0 aliphatic carbocycles. The van der Waals surface area contributed by atoms with Crippen LogP contribution in [-0.4, -0.2) is 12.5 Å². The smallest absolute Gasteiger partial charge is 0.243 e. The fraction of sp³-hybridized carbons (Fsp3) is 0.133. The van der Waals surface area contributed by atoms with Gasteiger partial charge in [0, 0.05) is 10.7 Å². The lowest BCUT2D eigenvalue weighted by Crippen LogP contribution is -2.22. The average Bonchev–Trinajstić information content (AvgIpc) is 2.40. The number of hydrogen-bond acceptors (Lipinski definition) is 2. The van der Waals surface area contributed by atoms with Crippen LogP contribution in [0.15, 0.2) is 36.4 Å². The zero-order chi connectivity index (χ0) is 15.4. The first-order valence-corrected chi connectivity index (χ1v) is 7.34. The van der Waals surface area contributed by atoms with Gasteiger partial charge in [0.25, 0.3) is 0 Å². The molecule has 0 spiro atoms. The zero-order valence-corrected chi connectivity index (χ0v) is 13.5. The third-order valence-electron chi connectivity index (χ3n) is 2.77. The Hall–Kier alpha value is -1.42. The minimum absolute atomic E-state index is 0.0505. The molecule has 0 radical (unpaired) electrons. The molecule has 0 aliphatic heterocycles. The van der Waals surface area contributed by atoms with Crippen molar-refractivity contribution in [2.24, 2.45) is 0 Å². The molecule has 0 bridgehead atoms. The predicted molar refractivity (Wildman–Crippen MR) is 89.8 cm³/mol. The number of carbonyl (C=O) groups excluding carboxylic acids is 1. The zero-order valence-electron chi connectivity index (χ0n) is 11.2. The van der Waals surface area contributed by atoms with Gasteiger partial charge in [-0.1, -0.05) is 52.5 Å². The Morgan fingerprint density at radius 2 is 1.62 bits per heavy atom. The Morgan fingerprint density at radius 1 is 1.05 bits per heavy atom. The fourth-order valence-corrected chi connectivity index (χ4v) is 2.67. The molecule has 0 heterocycles. The van der Waals surface area contributed by atoms with Crippen molar-refractivity contribution in [2.45, 2.75) is 6.92 Å². The minimum Gasteiger partial charge on any atom is -0.374 e. The van der Waals surface area contributed by atoms with Gasteiger partial charge in [0.05, 0.1) is 22.3 Å². The normalized spacial score (nSPS) is 10.3. The van der Waals surface area contributed by atoms with Crippen LogP contribution < -0.4 is 10.6 Å². The van der Waals surface area contributed by atoms with Crippen molar-refractivity contribution in [3.8, 4) is 0 Å². The molecule has 21 heavy (non-hydrogen) atoms. The second-order valence-electron chi connectivity index (χ2n) is 4.51. The van der Waals surface area contributed by atoms with Crippen LogP contribution in [0.4, 0.5) is 11.4 Å². The van der Waals surface area contributed by atoms with E-state index in [1.807, 2.05) is 31.2 Å². The Bertz CT molecular complexity index is 633. The van der Waals surface area contributed by atoms with Crippen molar-refractivity contribution in [3.05, 3.63) is 57.0 Å². The molecule has 0 saturated carbocycles. The van der Waals surface area contributed by atoms with Crippen molar-refractivity contribution < 1.29 is 4.79 Å². The van der Waals surface area contributed by atoms with E-state index in [1.165, 1.54) is 0 Å². The summed E-state index contributed by atoms with van der Waals surface area (Å²) in [6, 6.07) is 10.7. The summed E-state index contributed by atoms with van der Waals surface area (Å²) in [5.74, 6) is -0.194. The van der Waals surface area contributed by atoms with Crippen LogP contribution in [0.2, 0.25) is 15.1 Å². The molecule has 3 nitrogen and oxygen atoms in total. The molecule has 2 rings (SSSR count). The van der Waals surface area contributed by atoms with Gasteiger partial charge < -0.3 is 10.6 Å². The monoisotopic (exact) mass is 342 g/mol. The third-order valence-corrected chi connectivity index (χ3v) is 3.58. The van der Waals surface area contributed by atoms with Crippen molar-refractivity contribution in [1.29, 1.82) is 0 Å². The highest BCUT2D eigenvalue weighted by molar-refractivity contribution is 6.41. The molecule has 2 N–H and O–H groups in total. The van der Waals surface area contributed by atoms with Gasteiger partial charge in [-0.15, -0.1) is 0 Å². The number of aryl methyl sites for hydroxylation is 1. The molecule has 0 aliphatic rings. The first-order chi connectivity index (χ1) is 9.95. The number of halogens is 3. The molecule has 2 aromatic rings. The number of anilines is 2. The van der Waals surface area contributed by atoms with Crippen molar-refractivity contribution >= 4 is 52.1 Å². The second kappa shape index (κ2) is 7.03. The van der Waals surface area contributed by atoms with E-state index in [1.54, 1.807) is 12.1 Å². The number of benzene rings is 2. The molecule has 0 aromatic heterocycles. The maximum atomic E-state index is 11.9. The van der Waals surface area contributed by atoms with Gasteiger partial charge in [0.2, 0.25) is 5.91 Å². The summed E-state index contributed by atoms with van der Waals surface area (Å²) in [6.45, 7) is 2.03. The van der Waals surface area contributed by atoms with Crippen LogP contribution in [0.25, 0.3) is 0 Å². The van der Waals surface area contributed by atoms with Gasteiger partial charge in [0.15, 0.2) is 0 Å². The van der Waals surface area contributed by atoms with E-state index in [9.17, 15) is 4.79 Å². The Balaban J connectivity index is 1.97. The van der Waals surface area contributed by atoms with Crippen molar-refractivity contribution in [2.75, 3.05) is 17.2 Å². The van der Waals surface area contributed by atoms with Gasteiger partial charge in [-0.05, 0) is 31.2 Å². The lowest BCUT2D eigenvalue weighted by atomic mass is 10.2. The van der Waals surface area contributed by atoms with Gasteiger partial charge in [-0.25, -0.2) is 0 Å². The first kappa shape index (κ1) is 16.0. The molecule has 0 atom stereocenters. The largest absolute Gasteiger partial charge is 0.374 e. The molecular weight excluding hydrogens is 331 g/mol. The summed E-state index contributed by atoms with van der Waals surface area (Å²) in [4.78, 5) is 11.9. The average molecular weight is 344 g/mol. The third kappa shape index (κ3) is 4.53. The number of rotatable bonds is 4. The maximum Gasteiger partial charge on any atom is 0.243 e. The number of nitrogens with one attached hydrogen (secondary N) is 2. The quantitative estimate of drug-likeness (QED) is 0.819. The lowest BCUT2D eigenvalue weighted by Gasteiger charge is -2.11. The van der Waals surface area contributed by atoms with Crippen LogP contribution in [0, 0.1) is 6.92 Å². The molecule has 2 aromatic carbocycles. The van der Waals surface area contributed by atoms with Gasteiger partial charge in [-0.2, -0.15) is 0 Å². The van der Waals surface area contributed by atoms with Crippen molar-refractivity contribution in [3.63, 3.8) is 0 Å². The standard InChI is InChI=1S/C15H13Cl3N2O/c1-9-2-4-11(5-3-9)20-14(21)8-19-15-12(17)6-10(16)7-13(15)18/h2-7,19H,8H2,1H3,(H,20,21). The van der Waals surface area contributed by atoms with Crippen LogP contribution in [-0.2, 0) is 4.79 Å². The summed E-state index contributed by atoms with van der Waals surface area (Å²) in [5, 5.41) is 6.87. The molecule has 0 fully saturated rings. The highest BCUT2D eigenvalue weighted by Crippen LogP contribution is 2.33. The Labute approximate surface area is 138 Å². The van der Waals surface area contributed by atoms with Crippen LogP contribution in [0.5, 0.6) is 0 Å². The van der Waals surface area contributed by atoms with E-state index in [0.717, 1.165) is 11.3 Å². The summed E-state index contributed by atoms with van der Waals surface area (Å²) >= 11 is 17.9. The maximum absolute atomic E-state index is 11.9. The van der Waals surface area contributed by atoms with Crippen molar-refractivity contribution in [1.82, 2.24) is 0 Å². The number of carbonyl (C=O) groups is 1. The lowest BCUT2D eigenvalue weighted by molar-refractivity contribution is -0.114. The highest BCUT2D eigenvalue weighted by atomic mass is 35.5. The molecule has 1 amide bonds. The van der Waals surface area contributed by atoms with E-state index >= 15 is 0 Å². The van der Waals surface area contributed by atoms with E-state index in [4.69, 9.17) is 34.8 Å². The summed E-state index contributed by atoms with van der Waals surface area (Å²) in [7, 11) is 0. The minimum atomic E-state index is -0.194. The topological polar surface area (TPSA) is 41.1 Å². The summed E-state index contributed by atoms with van der Waals surface area (Å²) < 4.78 is 0. The second-order valence-corrected chi connectivity index (χ2v) is 5.76. The van der Waals surface area contributed by atoms with Crippen LogP contribution in [0.3, 0.4) is 0 Å². The molecular formula is C15H13Cl3N2O. The molecule has 6 heteroatoms. The van der Waals surface area contributed by atoms with Crippen LogP contribution in [0.1, 0.15) is 5.56 Å². The molecule has 110 valence electrons. The highest BCUT2D eigenvalue weighted by Gasteiger charge is 2.09. The number of amides is 1. The summed E-state index contributed by atoms with van der Waals surface area (Å²) in [6.07, 6.45) is 0. The first-order valence-electron chi connectivity index (χ1n) is 6.20. The van der Waals surface area contributed by atoms with Crippen LogP contribution >= 0.6 is 34.8 Å². The Kier molecular flexibility index (Phi) is 5.34. The fourth-order valence-electron chi connectivity index (χ4n) is 1.72. The molecule has 0 saturated heterocycles. The predicted octanol–water partition coefficient (Wildman–Crippen LogP) is 5.01. The SMILES string of the molecule is Cc1ccc(NC(=O)CNc2c(Cl)cc(Cl)cc2Cl)cc1. The van der Waals surface area contributed by atoms with E-state index in [2.05, 4.69) is 10.6 Å². The summed E-state index contributed by atoms with van der Waals surface area (Å²) in [5.41, 5.74) is 2.35.